The molecule has 9 heteroatoms. The molecule has 3 aromatic carbocycles. The number of nitrogens with one attached hydrogen (secondary N) is 2. The summed E-state index contributed by atoms with van der Waals surface area (Å²) in [5.41, 5.74) is 2.95. The molecular weight excluding hydrogens is 503 g/mol. The Morgan fingerprint density at radius 2 is 2.03 bits per heavy atom. The van der Waals surface area contributed by atoms with E-state index < -0.39 is 5.82 Å². The molecule has 0 spiro atoms. The third kappa shape index (κ3) is 5.21. The number of benzene rings is 3. The molecule has 1 unspecified atom stereocenters. The fourth-order valence-electron chi connectivity index (χ4n) is 4.68. The van der Waals surface area contributed by atoms with Gasteiger partial charge in [0.2, 0.25) is 5.91 Å². The number of likely N-dealkylation sites (tertiary alicyclic amines) is 1. The molecule has 0 radical (unpaired) electrons. The van der Waals surface area contributed by atoms with Crippen LogP contribution < -0.4 is 10.6 Å². The molecule has 2 N–H and O–H groups in total. The van der Waals surface area contributed by atoms with Crippen molar-refractivity contribution in [3.8, 4) is 17.2 Å². The minimum atomic E-state index is -0.611. The second kappa shape index (κ2) is 11.0. The van der Waals surface area contributed by atoms with Crippen LogP contribution in [0.5, 0.6) is 0 Å². The van der Waals surface area contributed by atoms with Crippen molar-refractivity contribution in [3.05, 3.63) is 89.5 Å². The van der Waals surface area contributed by atoms with Crippen LogP contribution in [0.25, 0.3) is 22.0 Å². The molecule has 1 saturated heterocycles. The number of halogens is 2. The number of rotatable bonds is 6. The number of carbonyl (C=O) groups excluding carboxylic acids is 1. The number of amides is 1. The van der Waals surface area contributed by atoms with Gasteiger partial charge in [0.1, 0.15) is 12.1 Å². The van der Waals surface area contributed by atoms with Gasteiger partial charge in [-0.1, -0.05) is 35.9 Å². The smallest absolute Gasteiger partial charge is 0.248 e. The summed E-state index contributed by atoms with van der Waals surface area (Å²) in [6.07, 6.45) is 6.95. The monoisotopic (exact) mass is 526 g/mol. The molecule has 2 heterocycles. The molecule has 1 atom stereocenters. The zero-order valence-corrected chi connectivity index (χ0v) is 21.3. The van der Waals surface area contributed by atoms with Crippen LogP contribution in [0.2, 0.25) is 5.02 Å². The van der Waals surface area contributed by atoms with Gasteiger partial charge in [0.25, 0.3) is 0 Å². The summed E-state index contributed by atoms with van der Waals surface area (Å²) in [4.78, 5) is 24.0. The van der Waals surface area contributed by atoms with E-state index in [9.17, 15) is 14.4 Å². The van der Waals surface area contributed by atoms with Gasteiger partial charge < -0.3 is 10.6 Å². The third-order valence-electron chi connectivity index (χ3n) is 6.59. The average Bonchev–Trinajstić information content (AvgIpc) is 3.34. The molecule has 1 aliphatic rings. The van der Waals surface area contributed by atoms with Crippen LogP contribution in [0.4, 0.5) is 21.6 Å². The Balaban J connectivity index is 1.63. The molecule has 5 rings (SSSR count). The average molecular weight is 527 g/mol. The van der Waals surface area contributed by atoms with Crippen LogP contribution in [-0.4, -0.2) is 40.4 Å². The lowest BCUT2D eigenvalue weighted by Gasteiger charge is -2.17. The van der Waals surface area contributed by atoms with Crippen LogP contribution in [0.3, 0.4) is 0 Å². The van der Waals surface area contributed by atoms with Crippen molar-refractivity contribution in [3.63, 3.8) is 0 Å². The van der Waals surface area contributed by atoms with Gasteiger partial charge in [0, 0.05) is 23.4 Å². The summed E-state index contributed by atoms with van der Waals surface area (Å²) in [6, 6.07) is 17.6. The number of aromatic nitrogens is 2. The molecular formula is C29H24ClFN6O. The summed E-state index contributed by atoms with van der Waals surface area (Å²) in [6.45, 7) is 1.00. The summed E-state index contributed by atoms with van der Waals surface area (Å²) >= 11 is 5.99. The zero-order valence-electron chi connectivity index (χ0n) is 20.6. The number of fused-ring (bicyclic) bond motifs is 1. The largest absolute Gasteiger partial charge is 0.337 e. The number of nitriles is 1. The van der Waals surface area contributed by atoms with E-state index in [-0.39, 0.29) is 22.7 Å². The molecule has 1 aromatic heterocycles. The third-order valence-corrected chi connectivity index (χ3v) is 6.89. The maximum absolute atomic E-state index is 14.8. The van der Waals surface area contributed by atoms with Crippen molar-refractivity contribution in [2.24, 2.45) is 0 Å². The Labute approximate surface area is 224 Å². The first-order valence-corrected chi connectivity index (χ1v) is 12.5. The topological polar surface area (TPSA) is 93.9 Å². The van der Waals surface area contributed by atoms with E-state index in [1.165, 1.54) is 12.4 Å². The predicted octanol–water partition coefficient (Wildman–Crippen LogP) is 6.29. The molecule has 4 aromatic rings. The SMILES string of the molecule is CN1CCCC1/C=C/C(=O)Nc1ccc2ncnc(Nc3cccc(Cl)c3F)c2c1-c1cccc(C#N)c1. The highest BCUT2D eigenvalue weighted by atomic mass is 35.5. The van der Waals surface area contributed by atoms with Crippen molar-refractivity contribution < 1.29 is 9.18 Å². The highest BCUT2D eigenvalue weighted by Gasteiger charge is 2.20. The van der Waals surface area contributed by atoms with Crippen molar-refractivity contribution in [2.75, 3.05) is 24.2 Å². The number of hydrogen-bond acceptors (Lipinski definition) is 6. The van der Waals surface area contributed by atoms with Crippen LogP contribution in [0.15, 0.2) is 73.1 Å². The van der Waals surface area contributed by atoms with E-state index in [4.69, 9.17) is 11.6 Å². The molecule has 0 aliphatic carbocycles. The second-order valence-corrected chi connectivity index (χ2v) is 9.47. The summed E-state index contributed by atoms with van der Waals surface area (Å²) in [5.74, 6) is -0.567. The van der Waals surface area contributed by atoms with E-state index in [1.807, 2.05) is 19.2 Å². The minimum Gasteiger partial charge on any atom is -0.337 e. The fourth-order valence-corrected chi connectivity index (χ4v) is 4.85. The zero-order chi connectivity index (χ0) is 26.6. The van der Waals surface area contributed by atoms with E-state index >= 15 is 0 Å². The van der Waals surface area contributed by atoms with Crippen molar-refractivity contribution >= 4 is 45.6 Å². The molecule has 1 amide bonds. The number of likely N-dealkylation sites (N-methyl/N-ethyl adjacent to an activating group) is 1. The first kappa shape index (κ1) is 25.3. The van der Waals surface area contributed by atoms with Crippen molar-refractivity contribution in [2.45, 2.75) is 18.9 Å². The highest BCUT2D eigenvalue weighted by Crippen LogP contribution is 2.39. The standard InChI is InChI=1S/C29H24ClFN6O/c1-37-14-4-7-20(37)10-13-25(38)35-23-12-11-22-27(26(23)19-6-2-5-18(15-19)16-32)29(34-17-33-22)36-24-9-3-8-21(30)28(24)31/h2-3,5-6,8-13,15,17,20H,4,7,14H2,1H3,(H,35,38)(H,33,34,36)/b13-10+. The van der Waals surface area contributed by atoms with Crippen molar-refractivity contribution in [1.29, 1.82) is 5.26 Å². The summed E-state index contributed by atoms with van der Waals surface area (Å²) < 4.78 is 14.8. The maximum Gasteiger partial charge on any atom is 0.248 e. The minimum absolute atomic E-state index is 0.0250. The first-order valence-electron chi connectivity index (χ1n) is 12.1. The van der Waals surface area contributed by atoms with E-state index in [0.29, 0.717) is 39.1 Å². The summed E-state index contributed by atoms with van der Waals surface area (Å²) in [5, 5.41) is 16.1. The van der Waals surface area contributed by atoms with E-state index in [2.05, 4.69) is 31.6 Å². The number of hydrogen-bond donors (Lipinski definition) is 2. The molecule has 1 aliphatic heterocycles. The Morgan fingerprint density at radius 1 is 1.18 bits per heavy atom. The van der Waals surface area contributed by atoms with Crippen LogP contribution in [0.1, 0.15) is 18.4 Å². The molecule has 7 nitrogen and oxygen atoms in total. The number of nitrogens with zero attached hydrogens (tertiary/aromatic N) is 4. The predicted molar refractivity (Wildman–Crippen MR) is 148 cm³/mol. The van der Waals surface area contributed by atoms with Gasteiger partial charge in [0.15, 0.2) is 5.82 Å². The van der Waals surface area contributed by atoms with Crippen molar-refractivity contribution in [1.82, 2.24) is 14.9 Å². The Kier molecular flexibility index (Phi) is 7.31. The van der Waals surface area contributed by atoms with Gasteiger partial charge in [-0.2, -0.15) is 5.26 Å². The second-order valence-electron chi connectivity index (χ2n) is 9.06. The van der Waals surface area contributed by atoms with Gasteiger partial charge in [-0.15, -0.1) is 0 Å². The van der Waals surface area contributed by atoms with Crippen LogP contribution >= 0.6 is 11.6 Å². The highest BCUT2D eigenvalue weighted by molar-refractivity contribution is 6.31. The lowest BCUT2D eigenvalue weighted by Crippen LogP contribution is -2.23. The van der Waals surface area contributed by atoms with E-state index in [0.717, 1.165) is 19.4 Å². The lowest BCUT2D eigenvalue weighted by atomic mass is 9.97. The Hall–Kier alpha value is -4.32. The van der Waals surface area contributed by atoms with Gasteiger partial charge in [0.05, 0.1) is 33.2 Å². The van der Waals surface area contributed by atoms with Gasteiger partial charge in [-0.05, 0) is 68.4 Å². The van der Waals surface area contributed by atoms with E-state index in [1.54, 1.807) is 48.5 Å². The molecule has 0 saturated carbocycles. The normalized spacial score (nSPS) is 15.6. The van der Waals surface area contributed by atoms with Crippen LogP contribution in [0, 0.1) is 17.1 Å². The lowest BCUT2D eigenvalue weighted by molar-refractivity contribution is -0.111. The van der Waals surface area contributed by atoms with Gasteiger partial charge >= 0.3 is 0 Å². The summed E-state index contributed by atoms with van der Waals surface area (Å²) in [7, 11) is 2.04. The maximum atomic E-state index is 14.8. The molecule has 38 heavy (non-hydrogen) atoms. The first-order chi connectivity index (χ1) is 18.4. The molecule has 0 bridgehead atoms. The number of carbonyl (C=O) groups is 1. The Bertz CT molecular complexity index is 1600. The molecule has 1 fully saturated rings. The quantitative estimate of drug-likeness (QED) is 0.287. The molecule has 190 valence electrons. The van der Waals surface area contributed by atoms with Crippen LogP contribution in [-0.2, 0) is 4.79 Å². The Morgan fingerprint density at radius 3 is 2.82 bits per heavy atom. The van der Waals surface area contributed by atoms with Gasteiger partial charge in [-0.3, -0.25) is 9.69 Å². The van der Waals surface area contributed by atoms with Gasteiger partial charge in [-0.25, -0.2) is 14.4 Å². The fraction of sp³-hybridized carbons (Fsp3) is 0.172. The number of anilines is 3.